The topological polar surface area (TPSA) is 50.9 Å². The first kappa shape index (κ1) is 16.2. The minimum atomic E-state index is 0.275. The molecular formula is C20H23N3O. The van der Waals surface area contributed by atoms with E-state index in [-0.39, 0.29) is 5.92 Å². The molecule has 0 saturated carbocycles. The second-order valence-electron chi connectivity index (χ2n) is 6.49. The quantitative estimate of drug-likeness (QED) is 0.773. The van der Waals surface area contributed by atoms with Crippen LogP contribution in [0.15, 0.2) is 48.7 Å². The summed E-state index contributed by atoms with van der Waals surface area (Å²) in [5, 5.41) is 18.3. The fraction of sp³-hybridized carbons (Fsp3) is 0.300. The maximum atomic E-state index is 9.69. The fourth-order valence-corrected chi connectivity index (χ4v) is 3.09. The summed E-state index contributed by atoms with van der Waals surface area (Å²) in [6.07, 6.45) is 2.92. The SMILES string of the molecule is Cc1cc(O)cc(C)c1CC(C)c1cn(Cc2ccccc2)nn1. The molecule has 3 rings (SSSR count). The van der Waals surface area contributed by atoms with Crippen LogP contribution in [-0.2, 0) is 13.0 Å². The van der Waals surface area contributed by atoms with Crippen LogP contribution >= 0.6 is 0 Å². The number of nitrogens with zero attached hydrogens (tertiary/aromatic N) is 3. The Morgan fingerprint density at radius 3 is 2.42 bits per heavy atom. The molecule has 4 heteroatoms. The minimum absolute atomic E-state index is 0.275. The van der Waals surface area contributed by atoms with Gasteiger partial charge >= 0.3 is 0 Å². The molecule has 0 aliphatic rings. The van der Waals surface area contributed by atoms with Crippen LogP contribution in [0, 0.1) is 13.8 Å². The molecule has 3 aromatic rings. The smallest absolute Gasteiger partial charge is 0.116 e. The van der Waals surface area contributed by atoms with Crippen LogP contribution in [0.3, 0.4) is 0 Å². The Kier molecular flexibility index (Phi) is 4.65. The van der Waals surface area contributed by atoms with E-state index in [0.717, 1.165) is 29.8 Å². The van der Waals surface area contributed by atoms with Crippen LogP contribution < -0.4 is 0 Å². The van der Waals surface area contributed by atoms with E-state index >= 15 is 0 Å². The number of rotatable bonds is 5. The molecule has 1 aromatic heterocycles. The third-order valence-electron chi connectivity index (χ3n) is 4.44. The summed E-state index contributed by atoms with van der Waals surface area (Å²) in [4.78, 5) is 0. The lowest BCUT2D eigenvalue weighted by Gasteiger charge is -2.14. The molecule has 0 fully saturated rings. The van der Waals surface area contributed by atoms with Gasteiger partial charge in [0.05, 0.1) is 12.2 Å². The van der Waals surface area contributed by atoms with Crippen molar-refractivity contribution in [2.75, 3.05) is 0 Å². The van der Waals surface area contributed by atoms with E-state index in [9.17, 15) is 5.11 Å². The molecule has 0 aliphatic heterocycles. The first-order chi connectivity index (χ1) is 11.5. The Labute approximate surface area is 142 Å². The average molecular weight is 321 g/mol. The largest absolute Gasteiger partial charge is 0.508 e. The van der Waals surface area contributed by atoms with Gasteiger partial charge < -0.3 is 5.11 Å². The van der Waals surface area contributed by atoms with Crippen LogP contribution in [0.25, 0.3) is 0 Å². The summed E-state index contributed by atoms with van der Waals surface area (Å²) in [5.41, 5.74) is 5.73. The number of phenols is 1. The Bertz CT molecular complexity index is 801. The van der Waals surface area contributed by atoms with Gasteiger partial charge in [0.25, 0.3) is 0 Å². The van der Waals surface area contributed by atoms with Crippen molar-refractivity contribution in [3.05, 3.63) is 76.6 Å². The van der Waals surface area contributed by atoms with Crippen molar-refractivity contribution in [1.82, 2.24) is 15.0 Å². The number of phenolic OH excluding ortho intramolecular Hbond substituents is 1. The number of benzene rings is 2. The lowest BCUT2D eigenvalue weighted by atomic mass is 9.92. The second-order valence-corrected chi connectivity index (χ2v) is 6.49. The minimum Gasteiger partial charge on any atom is -0.508 e. The average Bonchev–Trinajstić information content (AvgIpc) is 3.00. The van der Waals surface area contributed by atoms with Crippen molar-refractivity contribution in [1.29, 1.82) is 0 Å². The molecule has 1 unspecified atom stereocenters. The molecule has 1 atom stereocenters. The normalized spacial score (nSPS) is 12.3. The molecule has 0 bridgehead atoms. The molecule has 1 N–H and O–H groups in total. The summed E-state index contributed by atoms with van der Waals surface area (Å²) in [6, 6.07) is 13.9. The van der Waals surface area contributed by atoms with Crippen molar-refractivity contribution >= 4 is 0 Å². The molecule has 0 spiro atoms. The monoisotopic (exact) mass is 321 g/mol. The Hall–Kier alpha value is -2.62. The van der Waals surface area contributed by atoms with E-state index in [2.05, 4.69) is 29.4 Å². The van der Waals surface area contributed by atoms with Crippen LogP contribution in [0.4, 0.5) is 0 Å². The van der Waals surface area contributed by atoms with Crippen LogP contribution in [0.5, 0.6) is 5.75 Å². The van der Waals surface area contributed by atoms with Crippen molar-refractivity contribution in [3.8, 4) is 5.75 Å². The van der Waals surface area contributed by atoms with Gasteiger partial charge in [-0.05, 0) is 54.7 Å². The molecule has 0 amide bonds. The number of aromatic hydroxyl groups is 1. The molecule has 24 heavy (non-hydrogen) atoms. The summed E-state index contributed by atoms with van der Waals surface area (Å²) in [5.74, 6) is 0.603. The Balaban J connectivity index is 1.73. The van der Waals surface area contributed by atoms with Gasteiger partial charge in [-0.1, -0.05) is 42.5 Å². The van der Waals surface area contributed by atoms with E-state index in [1.807, 2.05) is 55.1 Å². The molecule has 0 aliphatic carbocycles. The maximum Gasteiger partial charge on any atom is 0.116 e. The van der Waals surface area contributed by atoms with Crippen molar-refractivity contribution in [2.24, 2.45) is 0 Å². The van der Waals surface area contributed by atoms with Gasteiger partial charge in [-0.2, -0.15) is 0 Å². The zero-order chi connectivity index (χ0) is 17.1. The first-order valence-electron chi connectivity index (χ1n) is 8.26. The highest BCUT2D eigenvalue weighted by Crippen LogP contribution is 2.26. The van der Waals surface area contributed by atoms with Gasteiger partial charge in [0, 0.05) is 12.1 Å². The molecule has 1 heterocycles. The highest BCUT2D eigenvalue weighted by Gasteiger charge is 2.14. The number of aromatic nitrogens is 3. The number of aryl methyl sites for hydroxylation is 2. The van der Waals surface area contributed by atoms with E-state index < -0.39 is 0 Å². The van der Waals surface area contributed by atoms with Gasteiger partial charge in [0.2, 0.25) is 0 Å². The van der Waals surface area contributed by atoms with Gasteiger partial charge in [-0.15, -0.1) is 5.10 Å². The van der Waals surface area contributed by atoms with Gasteiger partial charge in [-0.25, -0.2) is 4.68 Å². The van der Waals surface area contributed by atoms with Crippen molar-refractivity contribution in [3.63, 3.8) is 0 Å². The van der Waals surface area contributed by atoms with E-state index in [4.69, 9.17) is 0 Å². The molecule has 0 saturated heterocycles. The van der Waals surface area contributed by atoms with Crippen molar-refractivity contribution < 1.29 is 5.11 Å². The standard InChI is InChI=1S/C20H23N3O/c1-14-9-18(24)10-15(2)19(14)11-16(3)20-13-23(22-21-20)12-17-7-5-4-6-8-17/h4-10,13,16,24H,11-12H2,1-3H3. The summed E-state index contributed by atoms with van der Waals surface area (Å²) in [7, 11) is 0. The van der Waals surface area contributed by atoms with E-state index in [1.54, 1.807) is 0 Å². The Morgan fingerprint density at radius 2 is 1.75 bits per heavy atom. The third-order valence-corrected chi connectivity index (χ3v) is 4.44. The van der Waals surface area contributed by atoms with Crippen LogP contribution in [0.2, 0.25) is 0 Å². The predicted octanol–water partition coefficient (Wildman–Crippen LogP) is 4.00. The predicted molar refractivity (Wildman–Crippen MR) is 95.3 cm³/mol. The summed E-state index contributed by atoms with van der Waals surface area (Å²) < 4.78 is 1.89. The highest BCUT2D eigenvalue weighted by atomic mass is 16.3. The first-order valence-corrected chi connectivity index (χ1v) is 8.26. The highest BCUT2D eigenvalue weighted by molar-refractivity contribution is 5.41. The fourth-order valence-electron chi connectivity index (χ4n) is 3.09. The number of hydrogen-bond donors (Lipinski definition) is 1. The van der Waals surface area contributed by atoms with Gasteiger partial charge in [0.1, 0.15) is 5.75 Å². The maximum absolute atomic E-state index is 9.69. The zero-order valence-corrected chi connectivity index (χ0v) is 14.4. The molecule has 4 nitrogen and oxygen atoms in total. The van der Waals surface area contributed by atoms with E-state index in [0.29, 0.717) is 5.75 Å². The number of hydrogen-bond acceptors (Lipinski definition) is 3. The summed E-state index contributed by atoms with van der Waals surface area (Å²) in [6.45, 7) is 6.99. The zero-order valence-electron chi connectivity index (χ0n) is 14.4. The summed E-state index contributed by atoms with van der Waals surface area (Å²) >= 11 is 0. The second kappa shape index (κ2) is 6.87. The molecule has 124 valence electrons. The van der Waals surface area contributed by atoms with Gasteiger partial charge in [0.15, 0.2) is 0 Å². The Morgan fingerprint density at radius 1 is 1.08 bits per heavy atom. The van der Waals surface area contributed by atoms with Crippen LogP contribution in [0.1, 0.15) is 40.8 Å². The van der Waals surface area contributed by atoms with Crippen LogP contribution in [-0.4, -0.2) is 20.1 Å². The van der Waals surface area contributed by atoms with Crippen molar-refractivity contribution in [2.45, 2.75) is 39.7 Å². The molecule has 0 radical (unpaired) electrons. The third kappa shape index (κ3) is 3.65. The molecule has 2 aromatic carbocycles. The van der Waals surface area contributed by atoms with Gasteiger partial charge in [-0.3, -0.25) is 0 Å². The van der Waals surface area contributed by atoms with E-state index in [1.165, 1.54) is 11.1 Å². The lowest BCUT2D eigenvalue weighted by molar-refractivity contribution is 0.474. The molecular weight excluding hydrogens is 298 g/mol. The lowest BCUT2D eigenvalue weighted by Crippen LogP contribution is -2.03.